The number of unbranched alkanes of at least 4 members (excludes halogenated alkanes) is 2. The summed E-state index contributed by atoms with van der Waals surface area (Å²) in [7, 11) is 1.73. The summed E-state index contributed by atoms with van der Waals surface area (Å²) in [6.45, 7) is 2.19. The molecule has 0 amide bonds. The molecule has 0 heterocycles. The maximum atomic E-state index is 8.51. The molecule has 1 aromatic rings. The summed E-state index contributed by atoms with van der Waals surface area (Å²) in [5, 5.41) is 8.51. The summed E-state index contributed by atoms with van der Waals surface area (Å²) < 4.78 is 5.41. The quantitative estimate of drug-likeness (QED) is 0.667. The molecule has 0 spiro atoms. The molecule has 0 saturated carbocycles. The van der Waals surface area contributed by atoms with Crippen LogP contribution in [0.3, 0.4) is 0 Å². The molecule has 0 bridgehead atoms. The van der Waals surface area contributed by atoms with Gasteiger partial charge in [-0.05, 0) is 42.9 Å². The third kappa shape index (κ3) is 4.11. The van der Waals surface area contributed by atoms with Gasteiger partial charge >= 0.3 is 0 Å². The van der Waals surface area contributed by atoms with Crippen molar-refractivity contribution in [3.63, 3.8) is 0 Å². The predicted octanol–water partition coefficient (Wildman–Crippen LogP) is 3.88. The molecule has 0 unspecified atom stereocenters. The van der Waals surface area contributed by atoms with Crippen LogP contribution in [0.1, 0.15) is 43.7 Å². The van der Waals surface area contributed by atoms with E-state index in [2.05, 4.69) is 25.1 Å². The molecular formula is C15H21NO. The molecule has 0 radical (unpaired) electrons. The van der Waals surface area contributed by atoms with Gasteiger partial charge in [0.2, 0.25) is 0 Å². The molecule has 0 aliphatic carbocycles. The lowest BCUT2D eigenvalue weighted by molar-refractivity contribution is 0.408. The molecule has 0 aliphatic rings. The number of benzene rings is 1. The second-order valence-electron chi connectivity index (χ2n) is 4.21. The number of nitrogens with zero attached hydrogens (tertiary/aromatic N) is 1. The molecule has 0 aliphatic heterocycles. The number of aryl methyl sites for hydroxylation is 1. The van der Waals surface area contributed by atoms with Crippen LogP contribution in [-0.2, 0) is 12.8 Å². The van der Waals surface area contributed by atoms with Gasteiger partial charge in [-0.2, -0.15) is 5.26 Å². The number of hydrogen-bond acceptors (Lipinski definition) is 2. The van der Waals surface area contributed by atoms with Crippen molar-refractivity contribution in [2.24, 2.45) is 0 Å². The molecular weight excluding hydrogens is 210 g/mol. The van der Waals surface area contributed by atoms with E-state index in [-0.39, 0.29) is 0 Å². The number of ether oxygens (including phenoxy) is 1. The van der Waals surface area contributed by atoms with Crippen LogP contribution in [0.5, 0.6) is 5.75 Å². The normalized spacial score (nSPS) is 9.94. The Morgan fingerprint density at radius 2 is 2.06 bits per heavy atom. The Morgan fingerprint density at radius 3 is 2.71 bits per heavy atom. The Labute approximate surface area is 104 Å². The Hall–Kier alpha value is -1.49. The van der Waals surface area contributed by atoms with E-state index in [1.54, 1.807) is 7.11 Å². The molecule has 0 N–H and O–H groups in total. The summed E-state index contributed by atoms with van der Waals surface area (Å²) >= 11 is 0. The van der Waals surface area contributed by atoms with Crippen LogP contribution in [0.15, 0.2) is 18.2 Å². The lowest BCUT2D eigenvalue weighted by Gasteiger charge is -2.13. The standard InChI is InChI=1S/C15H21NO/c1-3-8-14-13(9-5-4-6-12-16)10-7-11-15(14)17-2/h7,10-11H,3-6,8-9H2,1-2H3. The van der Waals surface area contributed by atoms with Crippen LogP contribution in [0.4, 0.5) is 0 Å². The first-order valence-corrected chi connectivity index (χ1v) is 6.35. The molecule has 0 aromatic heterocycles. The van der Waals surface area contributed by atoms with Gasteiger partial charge in [-0.1, -0.05) is 25.5 Å². The summed E-state index contributed by atoms with van der Waals surface area (Å²) in [5.41, 5.74) is 2.72. The first kappa shape index (κ1) is 13.6. The van der Waals surface area contributed by atoms with Gasteiger partial charge in [0.25, 0.3) is 0 Å². The molecule has 0 fully saturated rings. The van der Waals surface area contributed by atoms with Gasteiger partial charge in [0, 0.05) is 6.42 Å². The molecule has 1 rings (SSSR count). The fourth-order valence-electron chi connectivity index (χ4n) is 2.09. The van der Waals surface area contributed by atoms with Crippen LogP contribution in [0.2, 0.25) is 0 Å². The molecule has 2 nitrogen and oxygen atoms in total. The maximum Gasteiger partial charge on any atom is 0.122 e. The van der Waals surface area contributed by atoms with Gasteiger partial charge in [0.05, 0.1) is 13.2 Å². The van der Waals surface area contributed by atoms with Crippen molar-refractivity contribution in [3.05, 3.63) is 29.3 Å². The first-order valence-electron chi connectivity index (χ1n) is 6.35. The lowest BCUT2D eigenvalue weighted by Crippen LogP contribution is -1.98. The van der Waals surface area contributed by atoms with Crippen molar-refractivity contribution >= 4 is 0 Å². The Balaban J connectivity index is 2.72. The van der Waals surface area contributed by atoms with Crippen LogP contribution < -0.4 is 4.74 Å². The molecule has 17 heavy (non-hydrogen) atoms. The highest BCUT2D eigenvalue weighted by Crippen LogP contribution is 2.25. The van der Waals surface area contributed by atoms with Gasteiger partial charge in [0.15, 0.2) is 0 Å². The largest absolute Gasteiger partial charge is 0.496 e. The summed E-state index contributed by atoms with van der Waals surface area (Å²) in [6, 6.07) is 8.46. The zero-order valence-electron chi connectivity index (χ0n) is 10.8. The molecule has 2 heteroatoms. The minimum Gasteiger partial charge on any atom is -0.496 e. The molecule has 92 valence electrons. The van der Waals surface area contributed by atoms with Crippen molar-refractivity contribution in [1.82, 2.24) is 0 Å². The molecule has 0 saturated heterocycles. The van der Waals surface area contributed by atoms with E-state index in [9.17, 15) is 0 Å². The van der Waals surface area contributed by atoms with Crippen LogP contribution in [0, 0.1) is 11.3 Å². The zero-order valence-corrected chi connectivity index (χ0v) is 10.8. The van der Waals surface area contributed by atoms with Gasteiger partial charge in [-0.15, -0.1) is 0 Å². The smallest absolute Gasteiger partial charge is 0.122 e. The average molecular weight is 231 g/mol. The second kappa shape index (κ2) is 7.73. The highest BCUT2D eigenvalue weighted by atomic mass is 16.5. The van der Waals surface area contributed by atoms with Crippen LogP contribution in [-0.4, -0.2) is 7.11 Å². The Bertz CT molecular complexity index is 379. The Kier molecular flexibility index (Phi) is 6.17. The minimum absolute atomic E-state index is 0.660. The number of rotatable bonds is 7. The number of hydrogen-bond donors (Lipinski definition) is 0. The van der Waals surface area contributed by atoms with E-state index >= 15 is 0 Å². The highest BCUT2D eigenvalue weighted by Gasteiger charge is 2.07. The minimum atomic E-state index is 0.660. The van der Waals surface area contributed by atoms with E-state index in [1.165, 1.54) is 11.1 Å². The monoisotopic (exact) mass is 231 g/mol. The summed E-state index contributed by atoms with van der Waals surface area (Å²) in [5.74, 6) is 1.00. The first-order chi connectivity index (χ1) is 8.33. The molecule has 0 atom stereocenters. The van der Waals surface area contributed by atoms with Crippen LogP contribution >= 0.6 is 0 Å². The van der Waals surface area contributed by atoms with Crippen molar-refractivity contribution < 1.29 is 4.74 Å². The van der Waals surface area contributed by atoms with Crippen LogP contribution in [0.25, 0.3) is 0 Å². The van der Waals surface area contributed by atoms with E-state index in [4.69, 9.17) is 10.00 Å². The van der Waals surface area contributed by atoms with Crippen molar-refractivity contribution in [3.8, 4) is 11.8 Å². The summed E-state index contributed by atoms with van der Waals surface area (Å²) in [4.78, 5) is 0. The fraction of sp³-hybridized carbons (Fsp3) is 0.533. The topological polar surface area (TPSA) is 33.0 Å². The Morgan fingerprint density at radius 1 is 1.24 bits per heavy atom. The van der Waals surface area contributed by atoms with E-state index < -0.39 is 0 Å². The maximum absolute atomic E-state index is 8.51. The zero-order chi connectivity index (χ0) is 12.5. The van der Waals surface area contributed by atoms with Gasteiger partial charge in [-0.25, -0.2) is 0 Å². The van der Waals surface area contributed by atoms with Crippen molar-refractivity contribution in [2.45, 2.75) is 45.4 Å². The van der Waals surface area contributed by atoms with Gasteiger partial charge < -0.3 is 4.74 Å². The summed E-state index contributed by atoms with van der Waals surface area (Å²) in [6.07, 6.45) is 5.97. The highest BCUT2D eigenvalue weighted by molar-refractivity contribution is 5.40. The average Bonchev–Trinajstić information content (AvgIpc) is 2.36. The number of methoxy groups -OCH3 is 1. The second-order valence-corrected chi connectivity index (χ2v) is 4.21. The fourth-order valence-corrected chi connectivity index (χ4v) is 2.09. The van der Waals surface area contributed by atoms with E-state index in [0.29, 0.717) is 6.42 Å². The van der Waals surface area contributed by atoms with Crippen molar-refractivity contribution in [1.29, 1.82) is 5.26 Å². The van der Waals surface area contributed by atoms with E-state index in [1.807, 2.05) is 6.07 Å². The predicted molar refractivity (Wildman–Crippen MR) is 70.2 cm³/mol. The van der Waals surface area contributed by atoms with Gasteiger partial charge in [-0.3, -0.25) is 0 Å². The number of nitriles is 1. The third-order valence-corrected chi connectivity index (χ3v) is 2.93. The van der Waals surface area contributed by atoms with Gasteiger partial charge in [0.1, 0.15) is 5.75 Å². The molecule has 1 aromatic carbocycles. The van der Waals surface area contributed by atoms with E-state index in [0.717, 1.165) is 37.9 Å². The third-order valence-electron chi connectivity index (χ3n) is 2.93. The van der Waals surface area contributed by atoms with Crippen molar-refractivity contribution in [2.75, 3.05) is 7.11 Å². The lowest BCUT2D eigenvalue weighted by atomic mass is 9.97. The SMILES string of the molecule is CCCc1c(CCCCC#N)cccc1OC.